The van der Waals surface area contributed by atoms with Crippen molar-refractivity contribution in [2.24, 2.45) is 0 Å². The first kappa shape index (κ1) is 8.78. The molecule has 15 heavy (non-hydrogen) atoms. The maximum Gasteiger partial charge on any atom is 0.208 e. The van der Waals surface area contributed by atoms with Crippen molar-refractivity contribution in [2.45, 2.75) is 13.7 Å². The maximum absolute atomic E-state index is 2.30. The normalized spacial score (nSPS) is 12.5. The molecule has 0 radical (unpaired) electrons. The lowest BCUT2D eigenvalue weighted by Crippen LogP contribution is -2.35. The molecule has 3 rings (SSSR count). The second-order valence-electron chi connectivity index (χ2n) is 4.35. The lowest BCUT2D eigenvalue weighted by atomic mass is 9.44. The van der Waals surface area contributed by atoms with E-state index in [1.165, 1.54) is 27.6 Å². The fraction of sp³-hybridized carbons (Fsp3) is 0.143. The van der Waals surface area contributed by atoms with Crippen LogP contribution in [0.15, 0.2) is 42.5 Å². The number of benzene rings is 2. The first-order chi connectivity index (χ1) is 7.29. The highest BCUT2D eigenvalue weighted by Crippen LogP contribution is 2.23. The molecule has 0 aromatic heterocycles. The van der Waals surface area contributed by atoms with Gasteiger partial charge in [-0.05, 0) is 18.1 Å². The number of hydrogen-bond donors (Lipinski definition) is 0. The zero-order valence-electron chi connectivity index (χ0n) is 9.12. The molecular formula is C14H13B. The van der Waals surface area contributed by atoms with Crippen LogP contribution in [0.3, 0.4) is 0 Å². The molecule has 0 saturated carbocycles. The monoisotopic (exact) mass is 192 g/mol. The molecule has 0 bridgehead atoms. The molecule has 1 heterocycles. The van der Waals surface area contributed by atoms with Gasteiger partial charge in [-0.2, -0.15) is 0 Å². The smallest absolute Gasteiger partial charge is 0.0773 e. The van der Waals surface area contributed by atoms with Gasteiger partial charge in [0.25, 0.3) is 0 Å². The van der Waals surface area contributed by atoms with Crippen LogP contribution in [0.5, 0.6) is 0 Å². The summed E-state index contributed by atoms with van der Waals surface area (Å²) in [5.74, 6) is 0. The molecule has 0 amide bonds. The largest absolute Gasteiger partial charge is 0.208 e. The molecule has 1 heteroatoms. The molecule has 72 valence electrons. The topological polar surface area (TPSA) is 0 Å². The third-order valence-electron chi connectivity index (χ3n) is 3.47. The third-order valence-corrected chi connectivity index (χ3v) is 3.47. The Bertz CT molecular complexity index is 529. The number of fused-ring (bicyclic) bond motifs is 3. The fourth-order valence-corrected chi connectivity index (χ4v) is 2.77. The molecular weight excluding hydrogens is 179 g/mol. The summed E-state index contributed by atoms with van der Waals surface area (Å²) >= 11 is 0. The molecule has 1 aliphatic rings. The van der Waals surface area contributed by atoms with Crippen LogP contribution in [0, 0.1) is 6.92 Å². The number of hydrogen-bond acceptors (Lipinski definition) is 0. The Labute approximate surface area is 91.0 Å². The average Bonchev–Trinajstić information content (AvgIpc) is 2.55. The third kappa shape index (κ3) is 1.09. The minimum atomic E-state index is 0.553. The van der Waals surface area contributed by atoms with Crippen molar-refractivity contribution in [3.63, 3.8) is 0 Å². The van der Waals surface area contributed by atoms with E-state index >= 15 is 0 Å². The highest BCUT2D eigenvalue weighted by molar-refractivity contribution is 6.88. The molecule has 0 saturated heterocycles. The van der Waals surface area contributed by atoms with E-state index in [0.29, 0.717) is 6.71 Å². The molecule has 0 atom stereocenters. The Morgan fingerprint density at radius 2 is 1.60 bits per heavy atom. The summed E-state index contributed by atoms with van der Waals surface area (Å²) in [5, 5.41) is 0. The van der Waals surface area contributed by atoms with E-state index in [-0.39, 0.29) is 0 Å². The van der Waals surface area contributed by atoms with E-state index in [2.05, 4.69) is 56.2 Å². The van der Waals surface area contributed by atoms with Gasteiger partial charge in [0.1, 0.15) is 0 Å². The summed E-state index contributed by atoms with van der Waals surface area (Å²) in [6.45, 7) is 5.07. The molecule has 2 aromatic rings. The zero-order chi connectivity index (χ0) is 10.4. The standard InChI is InChI=1S/C14H13B/c1-10-6-5-8-12-11-7-3-4-9-13(11)15(2)14(10)12/h3-9H,1-2H3. The summed E-state index contributed by atoms with van der Waals surface area (Å²) in [5.41, 5.74) is 7.25. The second-order valence-corrected chi connectivity index (χ2v) is 4.35. The van der Waals surface area contributed by atoms with Crippen LogP contribution >= 0.6 is 0 Å². The Morgan fingerprint density at radius 1 is 0.867 bits per heavy atom. The van der Waals surface area contributed by atoms with Gasteiger partial charge in [-0.3, -0.25) is 0 Å². The summed E-state index contributed by atoms with van der Waals surface area (Å²) in [6, 6.07) is 15.4. The Hall–Kier alpha value is -1.50. The SMILES string of the molecule is CB1c2ccccc2-c2cccc(C)c21. The molecule has 0 aliphatic carbocycles. The lowest BCUT2D eigenvalue weighted by molar-refractivity contribution is 1.52. The first-order valence-electron chi connectivity index (χ1n) is 5.48. The van der Waals surface area contributed by atoms with Crippen molar-refractivity contribution in [3.05, 3.63) is 48.0 Å². The van der Waals surface area contributed by atoms with Crippen LogP contribution in [-0.2, 0) is 0 Å². The molecule has 0 nitrogen and oxygen atoms in total. The van der Waals surface area contributed by atoms with Crippen molar-refractivity contribution < 1.29 is 0 Å². The predicted octanol–water partition coefficient (Wildman–Crippen LogP) is 2.21. The minimum absolute atomic E-state index is 0.553. The van der Waals surface area contributed by atoms with Gasteiger partial charge in [-0.15, -0.1) is 0 Å². The quantitative estimate of drug-likeness (QED) is 0.561. The molecule has 0 fully saturated rings. The van der Waals surface area contributed by atoms with Gasteiger partial charge in [0.15, 0.2) is 0 Å². The Kier molecular flexibility index (Phi) is 1.75. The van der Waals surface area contributed by atoms with Gasteiger partial charge in [-0.25, -0.2) is 0 Å². The van der Waals surface area contributed by atoms with Crippen molar-refractivity contribution in [1.29, 1.82) is 0 Å². The first-order valence-corrected chi connectivity index (χ1v) is 5.48. The highest BCUT2D eigenvalue weighted by atomic mass is 14.1. The zero-order valence-corrected chi connectivity index (χ0v) is 9.12. The highest BCUT2D eigenvalue weighted by Gasteiger charge is 2.28. The predicted molar refractivity (Wildman–Crippen MR) is 67.5 cm³/mol. The van der Waals surface area contributed by atoms with Gasteiger partial charge < -0.3 is 0 Å². The maximum atomic E-state index is 2.30. The lowest BCUT2D eigenvalue weighted by Gasteiger charge is -2.06. The fourth-order valence-electron chi connectivity index (χ4n) is 2.77. The van der Waals surface area contributed by atoms with Crippen LogP contribution in [0.25, 0.3) is 11.1 Å². The van der Waals surface area contributed by atoms with E-state index in [4.69, 9.17) is 0 Å². The van der Waals surface area contributed by atoms with Crippen LogP contribution in [0.2, 0.25) is 6.82 Å². The van der Waals surface area contributed by atoms with Crippen molar-refractivity contribution in [3.8, 4) is 11.1 Å². The summed E-state index contributed by atoms with van der Waals surface area (Å²) in [7, 11) is 0. The summed E-state index contributed by atoms with van der Waals surface area (Å²) < 4.78 is 0. The van der Waals surface area contributed by atoms with Crippen LogP contribution < -0.4 is 10.9 Å². The minimum Gasteiger partial charge on any atom is -0.0773 e. The Morgan fingerprint density at radius 3 is 2.47 bits per heavy atom. The van der Waals surface area contributed by atoms with Crippen molar-refractivity contribution in [1.82, 2.24) is 0 Å². The van der Waals surface area contributed by atoms with Gasteiger partial charge in [-0.1, -0.05) is 65.8 Å². The molecule has 0 spiro atoms. The van der Waals surface area contributed by atoms with Crippen molar-refractivity contribution in [2.75, 3.05) is 0 Å². The van der Waals surface area contributed by atoms with Crippen LogP contribution in [0.1, 0.15) is 5.56 Å². The van der Waals surface area contributed by atoms with Crippen LogP contribution in [0.4, 0.5) is 0 Å². The van der Waals surface area contributed by atoms with Gasteiger partial charge in [0, 0.05) is 0 Å². The van der Waals surface area contributed by atoms with E-state index in [1.807, 2.05) is 0 Å². The van der Waals surface area contributed by atoms with E-state index in [1.54, 1.807) is 0 Å². The number of aryl methyl sites for hydroxylation is 1. The molecule has 2 aromatic carbocycles. The average molecular weight is 192 g/mol. The molecule has 0 N–H and O–H groups in total. The van der Waals surface area contributed by atoms with Crippen molar-refractivity contribution >= 4 is 17.6 Å². The number of rotatable bonds is 0. The van der Waals surface area contributed by atoms with Gasteiger partial charge in [0.2, 0.25) is 6.71 Å². The second kappa shape index (κ2) is 3.00. The van der Waals surface area contributed by atoms with E-state index in [9.17, 15) is 0 Å². The summed E-state index contributed by atoms with van der Waals surface area (Å²) in [6.07, 6.45) is 0. The van der Waals surface area contributed by atoms with E-state index < -0.39 is 0 Å². The van der Waals surface area contributed by atoms with E-state index in [0.717, 1.165) is 0 Å². The van der Waals surface area contributed by atoms with Gasteiger partial charge >= 0.3 is 0 Å². The summed E-state index contributed by atoms with van der Waals surface area (Å²) in [4.78, 5) is 0. The Balaban J connectivity index is 2.37. The molecule has 0 unspecified atom stereocenters. The van der Waals surface area contributed by atoms with Gasteiger partial charge in [0.05, 0.1) is 0 Å². The van der Waals surface area contributed by atoms with Crippen LogP contribution in [-0.4, -0.2) is 6.71 Å². The molecule has 1 aliphatic heterocycles.